The van der Waals surface area contributed by atoms with Crippen molar-refractivity contribution in [1.82, 2.24) is 19.7 Å². The highest BCUT2D eigenvalue weighted by Gasteiger charge is 2.40. The molecule has 0 fully saturated rings. The molecule has 0 amide bonds. The summed E-state index contributed by atoms with van der Waals surface area (Å²) in [5.74, 6) is 1.59. The van der Waals surface area contributed by atoms with Crippen molar-refractivity contribution in [1.29, 1.82) is 0 Å². The summed E-state index contributed by atoms with van der Waals surface area (Å²) < 4.78 is 7.25. The molecule has 0 unspecified atom stereocenters. The lowest BCUT2D eigenvalue weighted by atomic mass is 9.80. The largest absolute Gasteiger partial charge is 0.469 e. The topological polar surface area (TPSA) is 85.8 Å². The predicted molar refractivity (Wildman–Crippen MR) is 88.7 cm³/mol. The highest BCUT2D eigenvalue weighted by molar-refractivity contribution is 6.00. The molecule has 124 valence electrons. The van der Waals surface area contributed by atoms with Crippen molar-refractivity contribution in [2.75, 3.05) is 5.32 Å². The molecule has 7 heteroatoms. The minimum Gasteiger partial charge on any atom is -0.469 e. The van der Waals surface area contributed by atoms with E-state index in [1.165, 1.54) is 6.33 Å². The van der Waals surface area contributed by atoms with Crippen LogP contribution in [0.25, 0.3) is 0 Å². The van der Waals surface area contributed by atoms with Gasteiger partial charge in [-0.3, -0.25) is 9.78 Å². The molecular formula is C18H15N5O2. The molecule has 2 aliphatic rings. The Balaban J connectivity index is 1.63. The van der Waals surface area contributed by atoms with Crippen molar-refractivity contribution in [3.8, 4) is 0 Å². The first-order valence-electron chi connectivity index (χ1n) is 8.18. The van der Waals surface area contributed by atoms with Gasteiger partial charge in [0.25, 0.3) is 0 Å². The molecule has 3 aromatic heterocycles. The van der Waals surface area contributed by atoms with Gasteiger partial charge in [0, 0.05) is 29.8 Å². The van der Waals surface area contributed by atoms with E-state index in [0.29, 0.717) is 18.8 Å². The lowest BCUT2D eigenvalue weighted by Gasteiger charge is -2.34. The van der Waals surface area contributed by atoms with Crippen LogP contribution in [0.1, 0.15) is 36.3 Å². The van der Waals surface area contributed by atoms with Crippen molar-refractivity contribution in [2.24, 2.45) is 0 Å². The number of hydrogen-bond acceptors (Lipinski definition) is 6. The number of fused-ring (bicyclic) bond motifs is 1. The molecule has 7 nitrogen and oxygen atoms in total. The van der Waals surface area contributed by atoms with Gasteiger partial charge in [0.2, 0.25) is 5.95 Å². The van der Waals surface area contributed by atoms with Gasteiger partial charge < -0.3 is 9.73 Å². The summed E-state index contributed by atoms with van der Waals surface area (Å²) in [5.41, 5.74) is 2.39. The molecule has 1 aliphatic carbocycles. The molecule has 4 heterocycles. The third-order valence-corrected chi connectivity index (χ3v) is 4.78. The molecular weight excluding hydrogens is 318 g/mol. The summed E-state index contributed by atoms with van der Waals surface area (Å²) in [7, 11) is 0. The number of nitrogens with zero attached hydrogens (tertiary/aromatic N) is 4. The number of Topliss-reactive ketones (excluding diaryl/α,β-unsaturated/α-hetero) is 1. The first kappa shape index (κ1) is 14.2. The van der Waals surface area contributed by atoms with Crippen LogP contribution in [0.3, 0.4) is 0 Å². The Hall–Kier alpha value is -3.22. The van der Waals surface area contributed by atoms with Crippen LogP contribution in [-0.2, 0) is 4.79 Å². The summed E-state index contributed by atoms with van der Waals surface area (Å²) in [6, 6.07) is 9.12. The Morgan fingerprint density at radius 2 is 2.12 bits per heavy atom. The normalized spacial score (nSPS) is 22.3. The minimum absolute atomic E-state index is 0.0348. The minimum atomic E-state index is -0.347. The molecule has 0 bridgehead atoms. The van der Waals surface area contributed by atoms with Gasteiger partial charge in [-0.15, -0.1) is 0 Å². The fraction of sp³-hybridized carbons (Fsp3) is 0.222. The van der Waals surface area contributed by atoms with Crippen LogP contribution in [0.2, 0.25) is 0 Å². The van der Waals surface area contributed by atoms with Crippen LogP contribution in [-0.4, -0.2) is 25.5 Å². The zero-order valence-electron chi connectivity index (χ0n) is 13.3. The quantitative estimate of drug-likeness (QED) is 0.776. The standard InChI is InChI=1S/C18H15N5O2/c24-14-9-11(15-5-3-7-25-15)8-13-16(14)17(12-4-1-2-6-19-12)23-18(22-13)20-10-21-23/h1-7,10-11,17H,8-9H2,(H,20,21,22)/t11-,17+/m1/s1. The number of aromatic nitrogens is 4. The highest BCUT2D eigenvalue weighted by Crippen LogP contribution is 2.43. The second-order valence-electron chi connectivity index (χ2n) is 6.25. The molecule has 0 saturated carbocycles. The van der Waals surface area contributed by atoms with Gasteiger partial charge in [0.1, 0.15) is 18.1 Å². The molecule has 1 N–H and O–H groups in total. The van der Waals surface area contributed by atoms with E-state index in [-0.39, 0.29) is 17.7 Å². The lowest BCUT2D eigenvalue weighted by Crippen LogP contribution is -2.33. The Morgan fingerprint density at radius 3 is 2.92 bits per heavy atom. The molecule has 2 atom stereocenters. The monoisotopic (exact) mass is 333 g/mol. The number of pyridine rings is 1. The van der Waals surface area contributed by atoms with Crippen molar-refractivity contribution in [3.05, 3.63) is 71.8 Å². The number of carbonyl (C=O) groups excluding carboxylic acids is 1. The number of rotatable bonds is 2. The Labute approximate surface area is 143 Å². The third kappa shape index (κ3) is 2.20. The maximum absolute atomic E-state index is 13.0. The number of anilines is 1. The van der Waals surface area contributed by atoms with Crippen LogP contribution in [0, 0.1) is 0 Å². The number of nitrogens with one attached hydrogen (secondary N) is 1. The summed E-state index contributed by atoms with van der Waals surface area (Å²) in [6.45, 7) is 0. The maximum Gasteiger partial charge on any atom is 0.226 e. The maximum atomic E-state index is 13.0. The zero-order chi connectivity index (χ0) is 16.8. The van der Waals surface area contributed by atoms with Crippen molar-refractivity contribution in [2.45, 2.75) is 24.8 Å². The van der Waals surface area contributed by atoms with Gasteiger partial charge in [-0.2, -0.15) is 10.1 Å². The zero-order valence-corrected chi connectivity index (χ0v) is 13.3. The van der Waals surface area contributed by atoms with Crippen molar-refractivity contribution < 1.29 is 9.21 Å². The van der Waals surface area contributed by atoms with E-state index < -0.39 is 0 Å². The molecule has 0 saturated heterocycles. The molecule has 25 heavy (non-hydrogen) atoms. The number of hydrogen-bond donors (Lipinski definition) is 1. The fourth-order valence-corrected chi connectivity index (χ4v) is 3.69. The second kappa shape index (κ2) is 5.41. The first-order chi connectivity index (χ1) is 12.3. The number of carbonyl (C=O) groups is 1. The Bertz CT molecular complexity index is 959. The molecule has 1 aliphatic heterocycles. The molecule has 5 rings (SSSR count). The first-order valence-corrected chi connectivity index (χ1v) is 8.18. The van der Waals surface area contributed by atoms with Gasteiger partial charge in [-0.1, -0.05) is 6.07 Å². The molecule has 0 spiro atoms. The van der Waals surface area contributed by atoms with Gasteiger partial charge in [-0.25, -0.2) is 4.68 Å². The summed E-state index contributed by atoms with van der Waals surface area (Å²) >= 11 is 0. The van der Waals surface area contributed by atoms with E-state index in [0.717, 1.165) is 22.7 Å². The van der Waals surface area contributed by atoms with E-state index in [4.69, 9.17) is 4.42 Å². The van der Waals surface area contributed by atoms with Gasteiger partial charge >= 0.3 is 0 Å². The van der Waals surface area contributed by atoms with E-state index >= 15 is 0 Å². The van der Waals surface area contributed by atoms with Crippen LogP contribution in [0.15, 0.2) is 64.8 Å². The predicted octanol–water partition coefficient (Wildman–Crippen LogP) is 2.68. The summed E-state index contributed by atoms with van der Waals surface area (Å²) in [5, 5.41) is 7.59. The SMILES string of the molecule is O=C1C[C@H](c2ccco2)CC2=C1[C@H](c1ccccn1)n1ncnc1N2. The average Bonchev–Trinajstić information content (AvgIpc) is 3.32. The fourth-order valence-electron chi connectivity index (χ4n) is 3.69. The highest BCUT2D eigenvalue weighted by atomic mass is 16.3. The van der Waals surface area contributed by atoms with E-state index in [1.54, 1.807) is 17.1 Å². The summed E-state index contributed by atoms with van der Waals surface area (Å²) in [6.07, 6.45) is 5.98. The third-order valence-electron chi connectivity index (χ3n) is 4.78. The molecule has 3 aromatic rings. The Kier molecular flexibility index (Phi) is 3.06. The number of allylic oxidation sites excluding steroid dienone is 2. The Morgan fingerprint density at radius 1 is 1.16 bits per heavy atom. The van der Waals surface area contributed by atoms with Crippen molar-refractivity contribution in [3.63, 3.8) is 0 Å². The number of furan rings is 1. The van der Waals surface area contributed by atoms with Crippen LogP contribution in [0.5, 0.6) is 0 Å². The van der Waals surface area contributed by atoms with E-state index in [9.17, 15) is 4.79 Å². The van der Waals surface area contributed by atoms with Gasteiger partial charge in [-0.05, 0) is 30.7 Å². The molecule has 0 radical (unpaired) electrons. The second-order valence-corrected chi connectivity index (χ2v) is 6.25. The average molecular weight is 333 g/mol. The van der Waals surface area contributed by atoms with Gasteiger partial charge in [0.15, 0.2) is 5.78 Å². The van der Waals surface area contributed by atoms with E-state index in [1.807, 2.05) is 30.3 Å². The van der Waals surface area contributed by atoms with Crippen LogP contribution in [0.4, 0.5) is 5.95 Å². The van der Waals surface area contributed by atoms with Crippen LogP contribution >= 0.6 is 0 Å². The number of ketones is 1. The molecule has 0 aromatic carbocycles. The van der Waals surface area contributed by atoms with Crippen molar-refractivity contribution >= 4 is 11.7 Å². The van der Waals surface area contributed by atoms with E-state index in [2.05, 4.69) is 20.4 Å². The smallest absolute Gasteiger partial charge is 0.226 e. The van der Waals surface area contributed by atoms with Crippen LogP contribution < -0.4 is 5.32 Å². The lowest BCUT2D eigenvalue weighted by molar-refractivity contribution is -0.117. The summed E-state index contributed by atoms with van der Waals surface area (Å²) in [4.78, 5) is 21.8. The van der Waals surface area contributed by atoms with Gasteiger partial charge in [0.05, 0.1) is 12.0 Å².